The fourth-order valence-corrected chi connectivity index (χ4v) is 2.06. The monoisotopic (exact) mass is 233 g/mol. The molecule has 3 heteroatoms. The molecule has 0 N–H and O–H groups in total. The third kappa shape index (κ3) is 2.54. The van der Waals surface area contributed by atoms with E-state index < -0.39 is 0 Å². The van der Waals surface area contributed by atoms with Crippen molar-refractivity contribution in [2.45, 2.75) is 20.3 Å². The molecule has 0 aromatic heterocycles. The van der Waals surface area contributed by atoms with Crippen molar-refractivity contribution >= 4 is 11.5 Å². The lowest BCUT2D eigenvalue weighted by Gasteiger charge is -2.29. The summed E-state index contributed by atoms with van der Waals surface area (Å²) in [5.41, 5.74) is 2.67. The van der Waals surface area contributed by atoms with Gasteiger partial charge in [-0.3, -0.25) is 4.79 Å². The zero-order chi connectivity index (χ0) is 12.4. The van der Waals surface area contributed by atoms with E-state index in [0.717, 1.165) is 25.2 Å². The maximum atomic E-state index is 13.2. The Labute approximate surface area is 101 Å². The number of nitrogens with zero attached hydrogens (tertiary/aromatic N) is 1. The number of halogens is 1. The average molecular weight is 233 g/mol. The standard InChI is InChI=1S/C14H16FNO/c1-10-5-7-16(8-6-10)14-4-3-12(15)9-13(14)11(2)17/h3-5,9H,6-8H2,1-2H3. The molecule has 0 unspecified atom stereocenters. The van der Waals surface area contributed by atoms with Crippen LogP contribution in [-0.2, 0) is 0 Å². The van der Waals surface area contributed by atoms with Gasteiger partial charge >= 0.3 is 0 Å². The molecule has 0 aliphatic carbocycles. The van der Waals surface area contributed by atoms with Crippen molar-refractivity contribution in [3.63, 3.8) is 0 Å². The fourth-order valence-electron chi connectivity index (χ4n) is 2.06. The molecule has 1 heterocycles. The van der Waals surface area contributed by atoms with Crippen LogP contribution < -0.4 is 4.90 Å². The summed E-state index contributed by atoms with van der Waals surface area (Å²) in [5.74, 6) is -0.451. The van der Waals surface area contributed by atoms with Crippen molar-refractivity contribution in [3.8, 4) is 0 Å². The number of anilines is 1. The average Bonchev–Trinajstić information content (AvgIpc) is 2.30. The van der Waals surface area contributed by atoms with Gasteiger partial charge in [-0.25, -0.2) is 4.39 Å². The molecule has 1 aromatic rings. The largest absolute Gasteiger partial charge is 0.367 e. The molecule has 0 bridgehead atoms. The van der Waals surface area contributed by atoms with Gasteiger partial charge in [-0.15, -0.1) is 0 Å². The lowest BCUT2D eigenvalue weighted by Crippen LogP contribution is -2.29. The Hall–Kier alpha value is -1.64. The van der Waals surface area contributed by atoms with Gasteiger partial charge in [-0.2, -0.15) is 0 Å². The molecule has 0 radical (unpaired) electrons. The van der Waals surface area contributed by atoms with Gasteiger partial charge in [0.05, 0.1) is 0 Å². The second kappa shape index (κ2) is 4.70. The Morgan fingerprint density at radius 2 is 2.18 bits per heavy atom. The summed E-state index contributed by atoms with van der Waals surface area (Å²) in [7, 11) is 0. The molecule has 17 heavy (non-hydrogen) atoms. The van der Waals surface area contributed by atoms with Crippen LogP contribution in [0.3, 0.4) is 0 Å². The number of benzene rings is 1. The van der Waals surface area contributed by atoms with Gasteiger partial charge in [0, 0.05) is 24.3 Å². The Balaban J connectivity index is 2.35. The number of rotatable bonds is 2. The van der Waals surface area contributed by atoms with Gasteiger partial charge in [0.1, 0.15) is 5.82 Å². The lowest BCUT2D eigenvalue weighted by atomic mass is 10.0. The molecule has 0 atom stereocenters. The Bertz CT molecular complexity index is 479. The molecule has 2 nitrogen and oxygen atoms in total. The molecule has 1 aromatic carbocycles. The van der Waals surface area contributed by atoms with Crippen LogP contribution in [0.2, 0.25) is 0 Å². The van der Waals surface area contributed by atoms with Crippen molar-refractivity contribution < 1.29 is 9.18 Å². The highest BCUT2D eigenvalue weighted by Gasteiger charge is 2.16. The summed E-state index contributed by atoms with van der Waals surface area (Å²) in [4.78, 5) is 13.6. The van der Waals surface area contributed by atoms with Crippen molar-refractivity contribution in [3.05, 3.63) is 41.2 Å². The highest BCUT2D eigenvalue weighted by molar-refractivity contribution is 5.99. The van der Waals surface area contributed by atoms with Crippen LogP contribution in [0.4, 0.5) is 10.1 Å². The van der Waals surface area contributed by atoms with E-state index in [1.807, 2.05) is 0 Å². The van der Waals surface area contributed by atoms with Crippen LogP contribution in [0.15, 0.2) is 29.8 Å². The highest BCUT2D eigenvalue weighted by atomic mass is 19.1. The lowest BCUT2D eigenvalue weighted by molar-refractivity contribution is 0.101. The molecule has 2 rings (SSSR count). The molecule has 0 amide bonds. The second-order valence-electron chi connectivity index (χ2n) is 4.46. The number of ketones is 1. The van der Waals surface area contributed by atoms with Crippen LogP contribution in [0.1, 0.15) is 30.6 Å². The van der Waals surface area contributed by atoms with Crippen LogP contribution >= 0.6 is 0 Å². The zero-order valence-corrected chi connectivity index (χ0v) is 10.2. The second-order valence-corrected chi connectivity index (χ2v) is 4.46. The summed E-state index contributed by atoms with van der Waals surface area (Å²) in [6, 6.07) is 4.43. The Kier molecular flexibility index (Phi) is 3.27. The Morgan fingerprint density at radius 1 is 1.41 bits per heavy atom. The van der Waals surface area contributed by atoms with Crippen molar-refractivity contribution in [1.29, 1.82) is 0 Å². The molecule has 90 valence electrons. The van der Waals surface area contributed by atoms with E-state index in [1.54, 1.807) is 6.07 Å². The summed E-state index contributed by atoms with van der Waals surface area (Å²) in [5, 5.41) is 0. The first-order valence-corrected chi connectivity index (χ1v) is 5.79. The number of carbonyl (C=O) groups is 1. The molecular formula is C14H16FNO. The molecule has 0 fully saturated rings. The normalized spacial score (nSPS) is 15.7. The van der Waals surface area contributed by atoms with Crippen molar-refractivity contribution in [2.75, 3.05) is 18.0 Å². The van der Waals surface area contributed by atoms with Crippen molar-refractivity contribution in [1.82, 2.24) is 0 Å². The number of hydrogen-bond acceptors (Lipinski definition) is 2. The maximum absolute atomic E-state index is 13.2. The first kappa shape index (κ1) is 11.8. The topological polar surface area (TPSA) is 20.3 Å². The molecule has 1 aliphatic heterocycles. The highest BCUT2D eigenvalue weighted by Crippen LogP contribution is 2.25. The first-order valence-electron chi connectivity index (χ1n) is 5.79. The molecule has 0 saturated carbocycles. The van der Waals surface area contributed by atoms with Crippen LogP contribution in [-0.4, -0.2) is 18.9 Å². The van der Waals surface area contributed by atoms with E-state index >= 15 is 0 Å². The zero-order valence-electron chi connectivity index (χ0n) is 10.2. The summed E-state index contributed by atoms with van der Waals surface area (Å²) in [6.07, 6.45) is 3.14. The van der Waals surface area contributed by atoms with Gasteiger partial charge in [0.15, 0.2) is 5.78 Å². The van der Waals surface area contributed by atoms with E-state index in [0.29, 0.717) is 5.56 Å². The summed E-state index contributed by atoms with van der Waals surface area (Å²) < 4.78 is 13.2. The van der Waals surface area contributed by atoms with Crippen molar-refractivity contribution in [2.24, 2.45) is 0 Å². The van der Waals surface area contributed by atoms with E-state index in [2.05, 4.69) is 17.9 Å². The molecular weight excluding hydrogens is 217 g/mol. The minimum atomic E-state index is -0.359. The Morgan fingerprint density at radius 3 is 2.76 bits per heavy atom. The smallest absolute Gasteiger partial charge is 0.161 e. The molecule has 1 aliphatic rings. The number of carbonyl (C=O) groups excluding carboxylic acids is 1. The third-order valence-corrected chi connectivity index (χ3v) is 3.11. The predicted octanol–water partition coefficient (Wildman–Crippen LogP) is 3.18. The quantitative estimate of drug-likeness (QED) is 0.577. The van der Waals surface area contributed by atoms with Gasteiger partial charge in [-0.05, 0) is 38.5 Å². The van der Waals surface area contributed by atoms with E-state index in [1.165, 1.54) is 24.6 Å². The van der Waals surface area contributed by atoms with Gasteiger partial charge in [-0.1, -0.05) is 11.6 Å². The first-order chi connectivity index (χ1) is 8.08. The number of hydrogen-bond donors (Lipinski definition) is 0. The minimum Gasteiger partial charge on any atom is -0.367 e. The third-order valence-electron chi connectivity index (χ3n) is 3.11. The maximum Gasteiger partial charge on any atom is 0.161 e. The van der Waals surface area contributed by atoms with Gasteiger partial charge in [0.25, 0.3) is 0 Å². The SMILES string of the molecule is CC(=O)c1cc(F)ccc1N1CC=C(C)CC1. The summed E-state index contributed by atoms with van der Waals surface area (Å²) in [6.45, 7) is 5.25. The minimum absolute atomic E-state index is 0.0919. The fraction of sp³-hybridized carbons (Fsp3) is 0.357. The van der Waals surface area contributed by atoms with E-state index in [-0.39, 0.29) is 11.6 Å². The van der Waals surface area contributed by atoms with Crippen LogP contribution in [0.25, 0.3) is 0 Å². The van der Waals surface area contributed by atoms with E-state index in [9.17, 15) is 9.18 Å². The predicted molar refractivity (Wildman–Crippen MR) is 67.0 cm³/mol. The van der Waals surface area contributed by atoms with Crippen LogP contribution in [0, 0.1) is 5.82 Å². The summed E-state index contributed by atoms with van der Waals surface area (Å²) >= 11 is 0. The van der Waals surface area contributed by atoms with E-state index in [4.69, 9.17) is 0 Å². The molecule has 0 spiro atoms. The van der Waals surface area contributed by atoms with Gasteiger partial charge in [0.2, 0.25) is 0 Å². The van der Waals surface area contributed by atoms with Gasteiger partial charge < -0.3 is 4.90 Å². The number of Topliss-reactive ketones (excluding diaryl/α,β-unsaturated/α-hetero) is 1. The molecule has 0 saturated heterocycles. The van der Waals surface area contributed by atoms with Crippen LogP contribution in [0.5, 0.6) is 0 Å².